The first-order chi connectivity index (χ1) is 13.1. The van der Waals surface area contributed by atoms with Gasteiger partial charge in [0.05, 0.1) is 26.1 Å². The molecule has 0 bridgehead atoms. The van der Waals surface area contributed by atoms with Crippen LogP contribution in [0.1, 0.15) is 53.2 Å². The number of carbonyl (C=O) groups is 3. The third-order valence-electron chi connectivity index (χ3n) is 4.44. The number of aryl methyl sites for hydroxylation is 1. The van der Waals surface area contributed by atoms with E-state index < -0.39 is 5.97 Å². The minimum atomic E-state index is -0.393. The summed E-state index contributed by atoms with van der Waals surface area (Å²) in [6.07, 6.45) is 2.03. The van der Waals surface area contributed by atoms with Gasteiger partial charge in [-0.2, -0.15) is 0 Å². The van der Waals surface area contributed by atoms with Crippen LogP contribution in [0.25, 0.3) is 0 Å². The highest BCUT2D eigenvalue weighted by molar-refractivity contribution is 5.86. The van der Waals surface area contributed by atoms with Crippen molar-refractivity contribution in [3.05, 3.63) is 24.0 Å². The van der Waals surface area contributed by atoms with Gasteiger partial charge in [-0.25, -0.2) is 0 Å². The number of esters is 1. The maximum atomic E-state index is 13.0. The molecule has 0 unspecified atom stereocenters. The molecule has 0 saturated heterocycles. The summed E-state index contributed by atoms with van der Waals surface area (Å²) in [4.78, 5) is 40.5. The normalized spacial score (nSPS) is 11.0. The van der Waals surface area contributed by atoms with E-state index in [1.165, 1.54) is 0 Å². The van der Waals surface area contributed by atoms with Gasteiger partial charge in [0.15, 0.2) is 0 Å². The quantitative estimate of drug-likeness (QED) is 0.542. The maximum Gasteiger partial charge on any atom is 0.306 e. The smallest absolute Gasteiger partial charge is 0.306 e. The van der Waals surface area contributed by atoms with Gasteiger partial charge in [0, 0.05) is 37.9 Å². The number of carbonyl (C=O) groups excluding carboxylic acids is 3. The number of nitrogens with zero attached hydrogens (tertiary/aromatic N) is 3. The third-order valence-corrected chi connectivity index (χ3v) is 4.44. The van der Waals surface area contributed by atoms with E-state index >= 15 is 0 Å². The molecule has 7 nitrogen and oxygen atoms in total. The molecule has 1 rings (SSSR count). The highest BCUT2D eigenvalue weighted by atomic mass is 16.5. The molecule has 0 radical (unpaired) electrons. The van der Waals surface area contributed by atoms with Crippen molar-refractivity contribution in [2.24, 2.45) is 13.0 Å². The molecule has 0 aromatic carbocycles. The Balaban J connectivity index is 2.80. The standard InChI is InChI=1S/C21H35N3O4/c1-7-28-21(27)11-10-19(25)24(17(4)5)15-20(26)23(13-16(2)3)14-18-9-8-12-22(18)6/h8-9,12,16-17H,7,10-11,13-15H2,1-6H3. The number of amides is 2. The van der Waals surface area contributed by atoms with Crippen LogP contribution in [-0.2, 0) is 32.7 Å². The molecule has 0 N–H and O–H groups in total. The first kappa shape index (κ1) is 23.7. The van der Waals surface area contributed by atoms with Gasteiger partial charge in [-0.1, -0.05) is 13.8 Å². The van der Waals surface area contributed by atoms with Gasteiger partial charge in [-0.3, -0.25) is 14.4 Å². The molecule has 0 spiro atoms. The molecule has 0 aliphatic rings. The summed E-state index contributed by atoms with van der Waals surface area (Å²) in [7, 11) is 1.95. The van der Waals surface area contributed by atoms with Crippen LogP contribution < -0.4 is 0 Å². The maximum absolute atomic E-state index is 13.0. The molecule has 0 aliphatic carbocycles. The Hall–Kier alpha value is -2.31. The first-order valence-corrected chi connectivity index (χ1v) is 9.98. The molecule has 0 saturated carbocycles. The molecule has 7 heteroatoms. The average molecular weight is 394 g/mol. The van der Waals surface area contributed by atoms with E-state index in [-0.39, 0.29) is 37.2 Å². The lowest BCUT2D eigenvalue weighted by molar-refractivity contribution is -0.147. The Labute approximate surface area is 168 Å². The average Bonchev–Trinajstić information content (AvgIpc) is 3.01. The first-order valence-electron chi connectivity index (χ1n) is 9.98. The Kier molecular flexibility index (Phi) is 9.76. The van der Waals surface area contributed by atoms with Gasteiger partial charge < -0.3 is 19.1 Å². The molecule has 0 aliphatic heterocycles. The Morgan fingerprint density at radius 3 is 2.29 bits per heavy atom. The second kappa shape index (κ2) is 11.5. The van der Waals surface area contributed by atoms with Gasteiger partial charge >= 0.3 is 5.97 Å². The molecule has 28 heavy (non-hydrogen) atoms. The summed E-state index contributed by atoms with van der Waals surface area (Å²) in [6.45, 7) is 11.0. The van der Waals surface area contributed by atoms with Crippen LogP contribution in [0.2, 0.25) is 0 Å². The highest BCUT2D eigenvalue weighted by Crippen LogP contribution is 2.11. The van der Waals surface area contributed by atoms with Crippen LogP contribution in [0.15, 0.2) is 18.3 Å². The number of ether oxygens (including phenoxy) is 1. The Morgan fingerprint density at radius 1 is 1.11 bits per heavy atom. The van der Waals surface area contributed by atoms with Crippen LogP contribution in [0, 0.1) is 5.92 Å². The number of hydrogen-bond acceptors (Lipinski definition) is 4. The van der Waals surface area contributed by atoms with Crippen molar-refractivity contribution < 1.29 is 19.1 Å². The van der Waals surface area contributed by atoms with Crippen molar-refractivity contribution in [1.82, 2.24) is 14.4 Å². The molecule has 158 valence electrons. The van der Waals surface area contributed by atoms with Crippen molar-refractivity contribution in [3.8, 4) is 0 Å². The zero-order valence-corrected chi connectivity index (χ0v) is 18.1. The second-order valence-corrected chi connectivity index (χ2v) is 7.70. The molecule has 1 heterocycles. The Morgan fingerprint density at radius 2 is 1.79 bits per heavy atom. The highest BCUT2D eigenvalue weighted by Gasteiger charge is 2.25. The van der Waals surface area contributed by atoms with E-state index in [4.69, 9.17) is 4.74 Å². The summed E-state index contributed by atoms with van der Waals surface area (Å²) >= 11 is 0. The third kappa shape index (κ3) is 7.74. The molecule has 0 fully saturated rings. The zero-order chi connectivity index (χ0) is 21.3. The van der Waals surface area contributed by atoms with E-state index in [1.807, 2.05) is 43.8 Å². The van der Waals surface area contributed by atoms with E-state index in [9.17, 15) is 14.4 Å². The van der Waals surface area contributed by atoms with Crippen LogP contribution in [-0.4, -0.2) is 57.9 Å². The minimum Gasteiger partial charge on any atom is -0.466 e. The lowest BCUT2D eigenvalue weighted by Gasteiger charge is -2.31. The fraction of sp³-hybridized carbons (Fsp3) is 0.667. The number of aromatic nitrogens is 1. The summed E-state index contributed by atoms with van der Waals surface area (Å²) in [5.74, 6) is -0.375. The van der Waals surface area contributed by atoms with E-state index in [1.54, 1.807) is 16.7 Å². The molecule has 2 amide bonds. The lowest BCUT2D eigenvalue weighted by Crippen LogP contribution is -2.46. The molecular weight excluding hydrogens is 358 g/mol. The van der Waals surface area contributed by atoms with Crippen molar-refractivity contribution in [2.75, 3.05) is 19.7 Å². The van der Waals surface area contributed by atoms with E-state index in [0.717, 1.165) is 5.69 Å². The van der Waals surface area contributed by atoms with Gasteiger partial charge in [0.2, 0.25) is 11.8 Å². The fourth-order valence-corrected chi connectivity index (χ4v) is 2.94. The number of rotatable bonds is 11. The van der Waals surface area contributed by atoms with Crippen molar-refractivity contribution in [3.63, 3.8) is 0 Å². The molecule has 1 aromatic rings. The van der Waals surface area contributed by atoms with Crippen molar-refractivity contribution >= 4 is 17.8 Å². The van der Waals surface area contributed by atoms with Crippen LogP contribution in [0.5, 0.6) is 0 Å². The summed E-state index contributed by atoms with van der Waals surface area (Å²) in [6, 6.07) is 3.81. The van der Waals surface area contributed by atoms with Gasteiger partial charge in [0.25, 0.3) is 0 Å². The summed E-state index contributed by atoms with van der Waals surface area (Å²) in [5, 5.41) is 0. The van der Waals surface area contributed by atoms with Crippen LogP contribution in [0.4, 0.5) is 0 Å². The van der Waals surface area contributed by atoms with Gasteiger partial charge in [-0.05, 0) is 38.8 Å². The fourth-order valence-electron chi connectivity index (χ4n) is 2.94. The zero-order valence-electron chi connectivity index (χ0n) is 18.1. The van der Waals surface area contributed by atoms with Crippen LogP contribution in [0.3, 0.4) is 0 Å². The SMILES string of the molecule is CCOC(=O)CCC(=O)N(CC(=O)N(Cc1cccn1C)CC(C)C)C(C)C. The number of hydrogen-bond donors (Lipinski definition) is 0. The van der Waals surface area contributed by atoms with Crippen molar-refractivity contribution in [1.29, 1.82) is 0 Å². The molecule has 1 aromatic heterocycles. The second-order valence-electron chi connectivity index (χ2n) is 7.70. The van der Waals surface area contributed by atoms with Crippen LogP contribution >= 0.6 is 0 Å². The van der Waals surface area contributed by atoms with Gasteiger partial charge in [-0.15, -0.1) is 0 Å². The Bertz CT molecular complexity index is 652. The predicted molar refractivity (Wildman–Crippen MR) is 108 cm³/mol. The summed E-state index contributed by atoms with van der Waals surface area (Å²) in [5.41, 5.74) is 1.04. The monoisotopic (exact) mass is 393 g/mol. The molecule has 0 atom stereocenters. The lowest BCUT2D eigenvalue weighted by atomic mass is 10.2. The molecular formula is C21H35N3O4. The largest absolute Gasteiger partial charge is 0.466 e. The van der Waals surface area contributed by atoms with E-state index in [2.05, 4.69) is 13.8 Å². The predicted octanol–water partition coefficient (Wildman–Crippen LogP) is 2.59. The van der Waals surface area contributed by atoms with Crippen molar-refractivity contribution in [2.45, 2.75) is 60.0 Å². The van der Waals surface area contributed by atoms with E-state index in [0.29, 0.717) is 25.6 Å². The minimum absolute atomic E-state index is 0.0104. The summed E-state index contributed by atoms with van der Waals surface area (Å²) < 4.78 is 6.87. The van der Waals surface area contributed by atoms with Gasteiger partial charge in [0.1, 0.15) is 0 Å². The topological polar surface area (TPSA) is 71.8 Å².